The van der Waals surface area contributed by atoms with E-state index in [1.807, 2.05) is 55.9 Å². The van der Waals surface area contributed by atoms with Crippen molar-refractivity contribution in [1.29, 1.82) is 0 Å². The van der Waals surface area contributed by atoms with Gasteiger partial charge < -0.3 is 11.1 Å². The van der Waals surface area contributed by atoms with Gasteiger partial charge in [0.15, 0.2) is 5.69 Å². The van der Waals surface area contributed by atoms with Crippen molar-refractivity contribution in [2.75, 3.05) is 5.32 Å². The molecule has 158 valence electrons. The summed E-state index contributed by atoms with van der Waals surface area (Å²) >= 11 is 0. The molecule has 0 radical (unpaired) electrons. The minimum atomic E-state index is -0.703. The van der Waals surface area contributed by atoms with Gasteiger partial charge in [0.05, 0.1) is 28.2 Å². The molecule has 0 aliphatic rings. The van der Waals surface area contributed by atoms with E-state index in [4.69, 9.17) is 10.7 Å². The number of pyridine rings is 1. The van der Waals surface area contributed by atoms with Crippen LogP contribution in [0.15, 0.2) is 42.7 Å². The Morgan fingerprint density at radius 3 is 2.45 bits per heavy atom. The van der Waals surface area contributed by atoms with Gasteiger partial charge in [-0.25, -0.2) is 4.98 Å². The number of hydrogen-bond acceptors (Lipinski definition) is 5. The van der Waals surface area contributed by atoms with Crippen LogP contribution < -0.4 is 11.1 Å². The van der Waals surface area contributed by atoms with Crippen molar-refractivity contribution in [2.24, 2.45) is 5.73 Å². The highest BCUT2D eigenvalue weighted by Crippen LogP contribution is 2.27. The van der Waals surface area contributed by atoms with Crippen molar-refractivity contribution in [3.8, 4) is 11.3 Å². The van der Waals surface area contributed by atoms with Crippen LogP contribution in [0.25, 0.3) is 22.2 Å². The summed E-state index contributed by atoms with van der Waals surface area (Å²) < 4.78 is 3.38. The molecule has 2 amide bonds. The summed E-state index contributed by atoms with van der Waals surface area (Å²) in [6.07, 6.45) is 3.52. The largest absolute Gasteiger partial charge is 0.364 e. The smallest absolute Gasteiger partial charge is 0.271 e. The van der Waals surface area contributed by atoms with Crippen LogP contribution in [0.1, 0.15) is 40.4 Å². The molecule has 0 unspecified atom stereocenters. The number of hydrogen-bond donors (Lipinski definition) is 2. The first-order valence-electron chi connectivity index (χ1n) is 10.0. The van der Waals surface area contributed by atoms with Gasteiger partial charge in [0, 0.05) is 36.4 Å². The number of fused-ring (bicyclic) bond motifs is 1. The molecule has 4 aromatic rings. The number of para-hydroxylation sites is 1. The van der Waals surface area contributed by atoms with E-state index in [1.165, 1.54) is 0 Å². The summed E-state index contributed by atoms with van der Waals surface area (Å²) in [5.74, 6) is -1.08. The van der Waals surface area contributed by atoms with Gasteiger partial charge in [0.25, 0.3) is 11.8 Å². The van der Waals surface area contributed by atoms with E-state index in [0.29, 0.717) is 28.7 Å². The zero-order valence-corrected chi connectivity index (χ0v) is 17.6. The van der Waals surface area contributed by atoms with Gasteiger partial charge in [-0.05, 0) is 32.9 Å². The lowest BCUT2D eigenvalue weighted by molar-refractivity contribution is 0.0995. The highest BCUT2D eigenvalue weighted by atomic mass is 16.2. The Labute approximate surface area is 178 Å². The number of primary amides is 1. The fourth-order valence-corrected chi connectivity index (χ4v) is 3.48. The molecule has 9 heteroatoms. The van der Waals surface area contributed by atoms with E-state index < -0.39 is 5.91 Å². The van der Waals surface area contributed by atoms with E-state index in [9.17, 15) is 9.59 Å². The van der Waals surface area contributed by atoms with E-state index in [1.54, 1.807) is 16.9 Å². The highest BCUT2D eigenvalue weighted by molar-refractivity contribution is 6.14. The number of aryl methyl sites for hydroxylation is 3. The molecule has 3 N–H and O–H groups in total. The summed E-state index contributed by atoms with van der Waals surface area (Å²) in [5, 5.41) is 12.1. The second kappa shape index (κ2) is 8.02. The van der Waals surface area contributed by atoms with Crippen molar-refractivity contribution in [3.05, 3.63) is 59.7 Å². The van der Waals surface area contributed by atoms with E-state index in [0.717, 1.165) is 17.8 Å². The molecule has 3 heterocycles. The fraction of sp³-hybridized carbons (Fsp3) is 0.227. The van der Waals surface area contributed by atoms with Gasteiger partial charge in [-0.2, -0.15) is 10.2 Å². The summed E-state index contributed by atoms with van der Waals surface area (Å²) in [5.41, 5.74) is 9.20. The molecule has 0 aliphatic heterocycles. The number of aromatic nitrogens is 5. The maximum Gasteiger partial charge on any atom is 0.271 e. The van der Waals surface area contributed by atoms with Crippen LogP contribution in [0.3, 0.4) is 0 Å². The molecule has 4 rings (SSSR count). The minimum Gasteiger partial charge on any atom is -0.364 e. The Hall–Kier alpha value is -4.01. The SMILES string of the molecule is CCn1cc(-c2cc(C(=O)Nc3cn(CC)nc3C(N)=O)c3ccccc3n2)c(C)n1. The normalized spacial score (nSPS) is 11.1. The number of anilines is 1. The van der Waals surface area contributed by atoms with Gasteiger partial charge in [-0.3, -0.25) is 19.0 Å². The molecule has 9 nitrogen and oxygen atoms in total. The van der Waals surface area contributed by atoms with Crippen molar-refractivity contribution < 1.29 is 9.59 Å². The van der Waals surface area contributed by atoms with Crippen molar-refractivity contribution in [1.82, 2.24) is 24.5 Å². The predicted molar refractivity (Wildman–Crippen MR) is 118 cm³/mol. The summed E-state index contributed by atoms with van der Waals surface area (Å²) in [6, 6.07) is 9.17. The first-order valence-corrected chi connectivity index (χ1v) is 10.0. The highest BCUT2D eigenvalue weighted by Gasteiger charge is 2.20. The van der Waals surface area contributed by atoms with Crippen LogP contribution in [0, 0.1) is 6.92 Å². The second-order valence-corrected chi connectivity index (χ2v) is 7.12. The number of nitrogens with two attached hydrogens (primary N) is 1. The molecule has 0 spiro atoms. The average molecular weight is 417 g/mol. The number of carbonyl (C=O) groups excluding carboxylic acids is 2. The van der Waals surface area contributed by atoms with Gasteiger partial charge in [0.2, 0.25) is 0 Å². The van der Waals surface area contributed by atoms with Crippen LogP contribution >= 0.6 is 0 Å². The van der Waals surface area contributed by atoms with Crippen molar-refractivity contribution in [2.45, 2.75) is 33.9 Å². The molecule has 3 aromatic heterocycles. The standard InChI is InChI=1S/C22H23N7O2/c1-4-28-11-16(13(3)26-28)18-10-15(14-8-6-7-9-17(14)24-18)22(31)25-19-12-29(5-2)27-20(19)21(23)30/h6-12H,4-5H2,1-3H3,(H2,23,30)(H,25,31). The Morgan fingerprint density at radius 1 is 1.06 bits per heavy atom. The summed E-state index contributed by atoms with van der Waals surface area (Å²) in [7, 11) is 0. The van der Waals surface area contributed by atoms with E-state index in [2.05, 4.69) is 15.5 Å². The summed E-state index contributed by atoms with van der Waals surface area (Å²) in [4.78, 5) is 29.8. The fourth-order valence-electron chi connectivity index (χ4n) is 3.48. The Bertz CT molecular complexity index is 1300. The van der Waals surface area contributed by atoms with Crippen LogP contribution in [-0.4, -0.2) is 36.4 Å². The lowest BCUT2D eigenvalue weighted by Crippen LogP contribution is -2.18. The Morgan fingerprint density at radius 2 is 1.77 bits per heavy atom. The van der Waals surface area contributed by atoms with Crippen LogP contribution in [0.4, 0.5) is 5.69 Å². The zero-order valence-electron chi connectivity index (χ0n) is 17.6. The molecular formula is C22H23N7O2. The first kappa shape index (κ1) is 20.3. The van der Waals surface area contributed by atoms with Gasteiger partial charge in [0.1, 0.15) is 0 Å². The number of nitrogens with one attached hydrogen (secondary N) is 1. The minimum absolute atomic E-state index is 0.0221. The quantitative estimate of drug-likeness (QED) is 0.500. The molecule has 31 heavy (non-hydrogen) atoms. The van der Waals surface area contributed by atoms with Crippen LogP contribution in [0.5, 0.6) is 0 Å². The maximum absolute atomic E-state index is 13.3. The Balaban J connectivity index is 1.81. The molecule has 0 bridgehead atoms. The molecule has 0 aliphatic carbocycles. The monoisotopic (exact) mass is 417 g/mol. The van der Waals surface area contributed by atoms with Crippen LogP contribution in [-0.2, 0) is 13.1 Å². The molecule has 0 saturated heterocycles. The van der Waals surface area contributed by atoms with Crippen molar-refractivity contribution in [3.63, 3.8) is 0 Å². The maximum atomic E-state index is 13.3. The molecule has 0 atom stereocenters. The first-order chi connectivity index (χ1) is 14.9. The number of rotatable bonds is 6. The zero-order chi connectivity index (χ0) is 22.1. The third kappa shape index (κ3) is 3.77. The number of benzene rings is 1. The summed E-state index contributed by atoms with van der Waals surface area (Å²) in [6.45, 7) is 7.08. The number of nitrogens with zero attached hydrogens (tertiary/aromatic N) is 5. The third-order valence-electron chi connectivity index (χ3n) is 5.07. The topological polar surface area (TPSA) is 121 Å². The van der Waals surface area contributed by atoms with E-state index >= 15 is 0 Å². The molecule has 0 fully saturated rings. The lowest BCUT2D eigenvalue weighted by Gasteiger charge is -2.10. The average Bonchev–Trinajstić information content (AvgIpc) is 3.36. The molecule has 0 saturated carbocycles. The number of carbonyl (C=O) groups is 2. The molecule has 1 aromatic carbocycles. The number of amides is 2. The van der Waals surface area contributed by atoms with Crippen LogP contribution in [0.2, 0.25) is 0 Å². The van der Waals surface area contributed by atoms with Gasteiger partial charge in [-0.15, -0.1) is 0 Å². The van der Waals surface area contributed by atoms with Crippen molar-refractivity contribution >= 4 is 28.4 Å². The second-order valence-electron chi connectivity index (χ2n) is 7.12. The van der Waals surface area contributed by atoms with E-state index in [-0.39, 0.29) is 17.3 Å². The third-order valence-corrected chi connectivity index (χ3v) is 5.07. The van der Waals surface area contributed by atoms with Gasteiger partial charge >= 0.3 is 0 Å². The molecular weight excluding hydrogens is 394 g/mol. The lowest BCUT2D eigenvalue weighted by atomic mass is 10.0. The predicted octanol–water partition coefficient (Wildman–Crippen LogP) is 2.99. The van der Waals surface area contributed by atoms with Gasteiger partial charge in [-0.1, -0.05) is 18.2 Å². The Kier molecular flexibility index (Phi) is 5.24.